The second-order valence-electron chi connectivity index (χ2n) is 7.63. The van der Waals surface area contributed by atoms with Gasteiger partial charge in [0.2, 0.25) is 0 Å². The molecule has 0 unspecified atom stereocenters. The first-order valence-corrected chi connectivity index (χ1v) is 11.6. The lowest BCUT2D eigenvalue weighted by molar-refractivity contribution is 0.0990. The van der Waals surface area contributed by atoms with Gasteiger partial charge >= 0.3 is 0 Å². The Kier molecular flexibility index (Phi) is 4.38. The number of allylic oxidation sites excluding steroid dienone is 1. The molecule has 6 rings (SSSR count). The molecule has 0 radical (unpaired) electrons. The SMILES string of the molecule is O=C1C(=Cc2cc3sc(-c4ccc(CF)cc4)nc3s2)C(=O)c2cc3ccccc3cc21. The molecule has 32 heavy (non-hydrogen) atoms. The number of carbonyl (C=O) groups excluding carboxylic acids is 2. The fourth-order valence-corrected chi connectivity index (χ4v) is 6.14. The minimum atomic E-state index is -0.484. The van der Waals surface area contributed by atoms with Crippen molar-refractivity contribution in [1.29, 1.82) is 0 Å². The van der Waals surface area contributed by atoms with Crippen LogP contribution in [0.3, 0.4) is 0 Å². The summed E-state index contributed by atoms with van der Waals surface area (Å²) < 4.78 is 13.7. The molecule has 1 aliphatic rings. The standard InChI is InChI=1S/C26H14FNO2S2/c27-13-14-5-7-15(8-6-14)25-28-26-22(32-25)12-18(31-26)11-21-23(29)19-9-16-3-1-2-4-17(16)10-20(19)24(21)30/h1-12H,13H2. The second kappa shape index (κ2) is 7.29. The quantitative estimate of drug-likeness (QED) is 0.215. The van der Waals surface area contributed by atoms with Crippen LogP contribution in [0.5, 0.6) is 0 Å². The van der Waals surface area contributed by atoms with E-state index in [0.717, 1.165) is 35.8 Å². The summed E-state index contributed by atoms with van der Waals surface area (Å²) in [5.41, 5.74) is 2.72. The lowest BCUT2D eigenvalue weighted by Gasteiger charge is -2.00. The summed E-state index contributed by atoms with van der Waals surface area (Å²) >= 11 is 2.99. The van der Waals surface area contributed by atoms with Gasteiger partial charge in [0.05, 0.1) is 10.3 Å². The van der Waals surface area contributed by atoms with Gasteiger partial charge in [0, 0.05) is 21.6 Å². The van der Waals surface area contributed by atoms with Crippen molar-refractivity contribution in [3.05, 3.63) is 93.9 Å². The molecule has 1 aliphatic carbocycles. The molecule has 0 fully saturated rings. The predicted molar refractivity (Wildman–Crippen MR) is 128 cm³/mol. The van der Waals surface area contributed by atoms with Crippen LogP contribution in [0.15, 0.2) is 72.3 Å². The van der Waals surface area contributed by atoms with Gasteiger partial charge in [-0.1, -0.05) is 48.5 Å². The van der Waals surface area contributed by atoms with Crippen molar-refractivity contribution in [1.82, 2.24) is 4.98 Å². The molecule has 2 aromatic heterocycles. The van der Waals surface area contributed by atoms with Crippen LogP contribution in [0, 0.1) is 0 Å². The molecule has 0 aliphatic heterocycles. The van der Waals surface area contributed by atoms with E-state index < -0.39 is 6.67 Å². The number of nitrogens with zero attached hydrogens (tertiary/aromatic N) is 1. The lowest BCUT2D eigenvalue weighted by atomic mass is 10.0. The molecule has 154 valence electrons. The highest BCUT2D eigenvalue weighted by Gasteiger charge is 2.33. The Hall–Kier alpha value is -3.48. The number of Topliss-reactive ketones (excluding diaryl/α,β-unsaturated/α-hetero) is 2. The number of carbonyl (C=O) groups is 2. The van der Waals surface area contributed by atoms with Gasteiger partial charge in [-0.25, -0.2) is 9.37 Å². The van der Waals surface area contributed by atoms with Gasteiger partial charge < -0.3 is 0 Å². The number of aromatic nitrogens is 1. The van der Waals surface area contributed by atoms with E-state index in [1.807, 2.05) is 42.5 Å². The fraction of sp³-hybridized carbons (Fsp3) is 0.0385. The van der Waals surface area contributed by atoms with Crippen LogP contribution in [0.1, 0.15) is 31.2 Å². The second-order valence-corrected chi connectivity index (χ2v) is 9.72. The minimum absolute atomic E-state index is 0.200. The van der Waals surface area contributed by atoms with E-state index in [-0.39, 0.29) is 17.1 Å². The molecule has 3 nitrogen and oxygen atoms in total. The van der Waals surface area contributed by atoms with Crippen LogP contribution >= 0.6 is 22.7 Å². The number of alkyl halides is 1. The Bertz CT molecular complexity index is 1500. The number of benzene rings is 3. The van der Waals surface area contributed by atoms with E-state index in [1.54, 1.807) is 30.3 Å². The highest BCUT2D eigenvalue weighted by atomic mass is 32.1. The topological polar surface area (TPSA) is 47.0 Å². The van der Waals surface area contributed by atoms with Gasteiger partial charge in [0.25, 0.3) is 0 Å². The van der Waals surface area contributed by atoms with E-state index in [1.165, 1.54) is 22.7 Å². The first-order chi connectivity index (χ1) is 15.6. The highest BCUT2D eigenvalue weighted by molar-refractivity contribution is 7.29. The molecule has 0 spiro atoms. The van der Waals surface area contributed by atoms with Crippen LogP contribution in [-0.2, 0) is 6.67 Å². The van der Waals surface area contributed by atoms with E-state index in [0.29, 0.717) is 16.7 Å². The molecule has 6 heteroatoms. The number of ketones is 2. The van der Waals surface area contributed by atoms with Gasteiger partial charge in [-0.3, -0.25) is 9.59 Å². The summed E-state index contributed by atoms with van der Waals surface area (Å²) in [6.45, 7) is -0.484. The first kappa shape index (κ1) is 19.2. The molecule has 0 saturated heterocycles. The average Bonchev–Trinajstić information content (AvgIpc) is 3.45. The van der Waals surface area contributed by atoms with E-state index in [2.05, 4.69) is 0 Å². The number of halogens is 1. The molecule has 0 atom stereocenters. The summed E-state index contributed by atoms with van der Waals surface area (Å²) in [7, 11) is 0. The molecule has 5 aromatic rings. The molecular weight excluding hydrogens is 441 g/mol. The van der Waals surface area contributed by atoms with Gasteiger partial charge in [-0.15, -0.1) is 22.7 Å². The van der Waals surface area contributed by atoms with Crippen molar-refractivity contribution in [2.75, 3.05) is 0 Å². The molecule has 0 bridgehead atoms. The van der Waals surface area contributed by atoms with Crippen molar-refractivity contribution in [3.8, 4) is 10.6 Å². The monoisotopic (exact) mass is 455 g/mol. The number of rotatable bonds is 3. The molecule has 0 N–H and O–H groups in total. The maximum atomic E-state index is 13.0. The Morgan fingerprint density at radius 3 is 2.09 bits per heavy atom. The Morgan fingerprint density at radius 2 is 1.50 bits per heavy atom. The van der Waals surface area contributed by atoms with Crippen LogP contribution in [0.25, 0.3) is 36.9 Å². The number of thiophene rings is 1. The Balaban J connectivity index is 1.35. The first-order valence-electron chi connectivity index (χ1n) is 10.0. The molecule has 2 heterocycles. The normalized spacial score (nSPS) is 13.3. The third kappa shape index (κ3) is 3.03. The molecule has 0 saturated carbocycles. The van der Waals surface area contributed by atoms with Gasteiger partial charge in [0.1, 0.15) is 16.5 Å². The lowest BCUT2D eigenvalue weighted by Crippen LogP contribution is -1.99. The summed E-state index contributed by atoms with van der Waals surface area (Å²) in [6.07, 6.45) is 1.68. The van der Waals surface area contributed by atoms with Crippen LogP contribution in [0.4, 0.5) is 4.39 Å². The maximum absolute atomic E-state index is 13.0. The average molecular weight is 456 g/mol. The van der Waals surface area contributed by atoms with Gasteiger partial charge in [0.15, 0.2) is 11.6 Å². The largest absolute Gasteiger partial charge is 0.288 e. The van der Waals surface area contributed by atoms with Crippen molar-refractivity contribution in [2.45, 2.75) is 6.67 Å². The maximum Gasteiger partial charge on any atom is 0.197 e. The van der Waals surface area contributed by atoms with E-state index >= 15 is 0 Å². The minimum Gasteiger partial charge on any atom is -0.288 e. The summed E-state index contributed by atoms with van der Waals surface area (Å²) in [5, 5.41) is 2.76. The van der Waals surface area contributed by atoms with Crippen LogP contribution in [0.2, 0.25) is 0 Å². The zero-order valence-corrected chi connectivity index (χ0v) is 18.2. The van der Waals surface area contributed by atoms with Crippen LogP contribution in [-0.4, -0.2) is 16.6 Å². The zero-order chi connectivity index (χ0) is 21.8. The summed E-state index contributed by atoms with van der Waals surface area (Å²) in [4.78, 5) is 32.3. The van der Waals surface area contributed by atoms with Gasteiger partial charge in [-0.05, 0) is 40.6 Å². The van der Waals surface area contributed by atoms with E-state index in [4.69, 9.17) is 4.98 Å². The van der Waals surface area contributed by atoms with Crippen molar-refractivity contribution >= 4 is 60.6 Å². The molecule has 0 amide bonds. The van der Waals surface area contributed by atoms with Crippen LogP contribution < -0.4 is 0 Å². The Morgan fingerprint density at radius 1 is 0.844 bits per heavy atom. The number of hydrogen-bond donors (Lipinski definition) is 0. The summed E-state index contributed by atoms with van der Waals surface area (Å²) in [6, 6.07) is 20.6. The predicted octanol–water partition coefficient (Wildman–Crippen LogP) is 7.11. The van der Waals surface area contributed by atoms with Crippen molar-refractivity contribution in [3.63, 3.8) is 0 Å². The molecule has 3 aromatic carbocycles. The fourth-order valence-electron chi connectivity index (χ4n) is 3.97. The van der Waals surface area contributed by atoms with E-state index in [9.17, 15) is 14.0 Å². The number of fused-ring (bicyclic) bond motifs is 3. The zero-order valence-electron chi connectivity index (χ0n) is 16.6. The molecular formula is C26H14FNO2S2. The highest BCUT2D eigenvalue weighted by Crippen LogP contribution is 2.38. The number of hydrogen-bond acceptors (Lipinski definition) is 5. The van der Waals surface area contributed by atoms with Gasteiger partial charge in [-0.2, -0.15) is 0 Å². The number of thiazole rings is 1. The summed E-state index contributed by atoms with van der Waals surface area (Å²) in [5.74, 6) is -0.455. The third-order valence-electron chi connectivity index (χ3n) is 5.61. The van der Waals surface area contributed by atoms with Crippen molar-refractivity contribution in [2.24, 2.45) is 0 Å². The smallest absolute Gasteiger partial charge is 0.197 e. The third-order valence-corrected chi connectivity index (χ3v) is 7.77. The van der Waals surface area contributed by atoms with Crippen molar-refractivity contribution < 1.29 is 14.0 Å². The Labute approximate surface area is 190 Å².